The van der Waals surface area contributed by atoms with Crippen LogP contribution in [0.2, 0.25) is 0 Å². The van der Waals surface area contributed by atoms with Gasteiger partial charge in [0, 0.05) is 13.1 Å². The zero-order chi connectivity index (χ0) is 20.1. The average Bonchev–Trinajstić information content (AvgIpc) is 3.21. The first-order chi connectivity index (χ1) is 13.5. The molecule has 0 spiro atoms. The number of amides is 1. The second-order valence-electron chi connectivity index (χ2n) is 6.40. The van der Waals surface area contributed by atoms with Gasteiger partial charge in [0.2, 0.25) is 5.91 Å². The zero-order valence-corrected chi connectivity index (χ0v) is 15.6. The van der Waals surface area contributed by atoms with E-state index in [1.807, 2.05) is 0 Å². The summed E-state index contributed by atoms with van der Waals surface area (Å²) in [5.74, 6) is -0.934. The first kappa shape index (κ1) is 19.8. The normalized spacial score (nSPS) is 18.5. The van der Waals surface area contributed by atoms with E-state index >= 15 is 0 Å². The summed E-state index contributed by atoms with van der Waals surface area (Å²) in [6.45, 7) is 0.698. The van der Waals surface area contributed by atoms with Crippen LogP contribution in [0.3, 0.4) is 0 Å². The highest BCUT2D eigenvalue weighted by atomic mass is 19.1. The number of nitrogens with one attached hydrogen (secondary N) is 3. The predicted octanol–water partition coefficient (Wildman–Crippen LogP) is 1.70. The number of halogens is 1. The molecule has 0 aromatic heterocycles. The molecule has 3 rings (SSSR count). The quantitative estimate of drug-likeness (QED) is 0.654. The largest absolute Gasteiger partial charge is 0.496 e. The molecule has 1 aliphatic rings. The molecule has 1 amide bonds. The number of hydrazine groups is 1. The minimum atomic E-state index is -0.509. The van der Waals surface area contributed by atoms with Crippen LogP contribution in [0.1, 0.15) is 27.5 Å². The molecule has 0 aliphatic carbocycles. The molecule has 28 heavy (non-hydrogen) atoms. The number of hydrogen-bond donors (Lipinski definition) is 3. The van der Waals surface area contributed by atoms with Crippen LogP contribution in [0.4, 0.5) is 4.39 Å². The monoisotopic (exact) mass is 387 g/mol. The molecule has 2 atom stereocenters. The minimum absolute atomic E-state index is 0.151. The molecule has 2 aromatic rings. The Morgan fingerprint density at radius 2 is 1.93 bits per heavy atom. The zero-order valence-electron chi connectivity index (χ0n) is 15.6. The van der Waals surface area contributed by atoms with Crippen molar-refractivity contribution in [2.45, 2.75) is 12.6 Å². The van der Waals surface area contributed by atoms with Crippen molar-refractivity contribution in [2.75, 3.05) is 20.8 Å². The molecule has 0 radical (unpaired) electrons. The molecular formula is C20H22FN3O4. The van der Waals surface area contributed by atoms with Crippen LogP contribution in [-0.4, -0.2) is 32.6 Å². The van der Waals surface area contributed by atoms with Gasteiger partial charge in [-0.3, -0.25) is 10.2 Å². The van der Waals surface area contributed by atoms with Gasteiger partial charge in [-0.1, -0.05) is 18.2 Å². The number of esters is 1. The van der Waals surface area contributed by atoms with Crippen molar-refractivity contribution in [1.82, 2.24) is 16.2 Å². The lowest BCUT2D eigenvalue weighted by Crippen LogP contribution is -2.34. The Bertz CT molecular complexity index is 857. The van der Waals surface area contributed by atoms with Crippen LogP contribution in [0, 0.1) is 11.7 Å². The highest BCUT2D eigenvalue weighted by molar-refractivity contribution is 5.92. The number of carbonyl (C=O) groups excluding carboxylic acids is 2. The summed E-state index contributed by atoms with van der Waals surface area (Å²) in [6.07, 6.45) is 0. The summed E-state index contributed by atoms with van der Waals surface area (Å²) in [4.78, 5) is 24.6. The van der Waals surface area contributed by atoms with E-state index in [0.717, 1.165) is 11.1 Å². The van der Waals surface area contributed by atoms with Crippen molar-refractivity contribution in [2.24, 2.45) is 5.92 Å². The minimum Gasteiger partial charge on any atom is -0.496 e. The van der Waals surface area contributed by atoms with Gasteiger partial charge in [0.05, 0.1) is 26.2 Å². The van der Waals surface area contributed by atoms with E-state index < -0.39 is 5.97 Å². The average molecular weight is 387 g/mol. The van der Waals surface area contributed by atoms with E-state index in [0.29, 0.717) is 17.9 Å². The Morgan fingerprint density at radius 3 is 2.61 bits per heavy atom. The van der Waals surface area contributed by atoms with Gasteiger partial charge in [0.1, 0.15) is 17.1 Å². The van der Waals surface area contributed by atoms with Gasteiger partial charge in [-0.15, -0.1) is 0 Å². The summed E-state index contributed by atoms with van der Waals surface area (Å²) in [7, 11) is 2.77. The summed E-state index contributed by atoms with van der Waals surface area (Å²) in [5.41, 5.74) is 7.90. The predicted molar refractivity (Wildman–Crippen MR) is 99.9 cm³/mol. The molecule has 0 saturated carbocycles. The molecule has 1 fully saturated rings. The van der Waals surface area contributed by atoms with Crippen LogP contribution < -0.4 is 20.9 Å². The third kappa shape index (κ3) is 4.29. The van der Waals surface area contributed by atoms with Gasteiger partial charge in [0.25, 0.3) is 0 Å². The lowest BCUT2D eigenvalue weighted by atomic mass is 9.94. The summed E-state index contributed by atoms with van der Waals surface area (Å²) in [5, 5.41) is 2.89. The van der Waals surface area contributed by atoms with Crippen molar-refractivity contribution >= 4 is 11.9 Å². The van der Waals surface area contributed by atoms with Gasteiger partial charge >= 0.3 is 5.97 Å². The van der Waals surface area contributed by atoms with Crippen molar-refractivity contribution in [1.29, 1.82) is 0 Å². The Balaban J connectivity index is 1.68. The molecule has 2 unspecified atom stereocenters. The fraction of sp³-hybridized carbons (Fsp3) is 0.300. The van der Waals surface area contributed by atoms with E-state index in [2.05, 4.69) is 16.2 Å². The van der Waals surface area contributed by atoms with E-state index in [9.17, 15) is 14.0 Å². The van der Waals surface area contributed by atoms with Crippen LogP contribution >= 0.6 is 0 Å². The van der Waals surface area contributed by atoms with Crippen molar-refractivity contribution in [3.63, 3.8) is 0 Å². The number of hydrogen-bond acceptors (Lipinski definition) is 6. The number of benzene rings is 2. The van der Waals surface area contributed by atoms with Gasteiger partial charge in [-0.25, -0.2) is 14.6 Å². The number of ether oxygens (including phenoxy) is 2. The van der Waals surface area contributed by atoms with E-state index in [1.165, 1.54) is 26.4 Å². The van der Waals surface area contributed by atoms with Crippen LogP contribution in [-0.2, 0) is 16.1 Å². The fourth-order valence-electron chi connectivity index (χ4n) is 3.18. The lowest BCUT2D eigenvalue weighted by molar-refractivity contribution is -0.125. The van der Waals surface area contributed by atoms with Gasteiger partial charge in [-0.2, -0.15) is 0 Å². The molecule has 1 heterocycles. The Morgan fingerprint density at radius 1 is 1.18 bits per heavy atom. The summed E-state index contributed by atoms with van der Waals surface area (Å²) in [6, 6.07) is 10.9. The summed E-state index contributed by atoms with van der Waals surface area (Å²) >= 11 is 0. The molecule has 7 nitrogen and oxygen atoms in total. The molecule has 0 bridgehead atoms. The third-order valence-corrected chi connectivity index (χ3v) is 4.68. The van der Waals surface area contributed by atoms with Gasteiger partial charge in [-0.05, 0) is 35.4 Å². The molecule has 3 N–H and O–H groups in total. The molecule has 2 aromatic carbocycles. The molecule has 8 heteroatoms. The maximum Gasteiger partial charge on any atom is 0.341 e. The van der Waals surface area contributed by atoms with Gasteiger partial charge < -0.3 is 14.8 Å². The van der Waals surface area contributed by atoms with Crippen LogP contribution in [0.25, 0.3) is 0 Å². The van der Waals surface area contributed by atoms with E-state index in [4.69, 9.17) is 9.47 Å². The second-order valence-corrected chi connectivity index (χ2v) is 6.40. The molecule has 1 saturated heterocycles. The van der Waals surface area contributed by atoms with E-state index in [1.54, 1.807) is 30.3 Å². The van der Waals surface area contributed by atoms with E-state index in [-0.39, 0.29) is 30.2 Å². The van der Waals surface area contributed by atoms with Crippen molar-refractivity contribution < 1.29 is 23.5 Å². The highest BCUT2D eigenvalue weighted by Gasteiger charge is 2.33. The van der Waals surface area contributed by atoms with Crippen molar-refractivity contribution in [3.8, 4) is 5.75 Å². The summed E-state index contributed by atoms with van der Waals surface area (Å²) < 4.78 is 23.1. The standard InChI is InChI=1S/C20H22FN3O4/c1-27-17-8-3-12(9-15(17)20(26)28-2)10-22-19(25)16-11-23-24-18(16)13-4-6-14(21)7-5-13/h3-9,16,18,23-24H,10-11H2,1-2H3,(H,22,25). The first-order valence-electron chi connectivity index (χ1n) is 8.80. The Kier molecular flexibility index (Phi) is 6.23. The lowest BCUT2D eigenvalue weighted by Gasteiger charge is -2.18. The third-order valence-electron chi connectivity index (χ3n) is 4.68. The maximum absolute atomic E-state index is 13.1. The van der Waals surface area contributed by atoms with Gasteiger partial charge in [0.15, 0.2) is 0 Å². The Hall–Kier alpha value is -2.97. The number of rotatable bonds is 6. The van der Waals surface area contributed by atoms with Crippen LogP contribution in [0.15, 0.2) is 42.5 Å². The molecule has 1 aliphatic heterocycles. The fourth-order valence-corrected chi connectivity index (χ4v) is 3.18. The smallest absolute Gasteiger partial charge is 0.341 e. The van der Waals surface area contributed by atoms with Crippen LogP contribution in [0.5, 0.6) is 5.75 Å². The Labute approximate surface area is 162 Å². The topological polar surface area (TPSA) is 88.7 Å². The first-order valence-corrected chi connectivity index (χ1v) is 8.80. The molecular weight excluding hydrogens is 365 g/mol. The van der Waals surface area contributed by atoms with Crippen molar-refractivity contribution in [3.05, 3.63) is 65.0 Å². The highest BCUT2D eigenvalue weighted by Crippen LogP contribution is 2.26. The second kappa shape index (κ2) is 8.81. The molecule has 148 valence electrons. The number of carbonyl (C=O) groups is 2. The number of methoxy groups -OCH3 is 2. The SMILES string of the molecule is COC(=O)c1cc(CNC(=O)C2CNNC2c2ccc(F)cc2)ccc1OC. The maximum atomic E-state index is 13.1.